The van der Waals surface area contributed by atoms with Crippen molar-refractivity contribution >= 4 is 27.5 Å². The lowest BCUT2D eigenvalue weighted by atomic mass is 9.95. The van der Waals surface area contributed by atoms with Gasteiger partial charge in [-0.05, 0) is 87.7 Å². The van der Waals surface area contributed by atoms with Gasteiger partial charge in [-0.1, -0.05) is 49.1 Å². The molecule has 230 valence electrons. The molecule has 0 radical (unpaired) electrons. The summed E-state index contributed by atoms with van der Waals surface area (Å²) in [5.41, 5.74) is 2.05. The first kappa shape index (κ1) is 32.0. The Hall–Kier alpha value is -3.92. The van der Waals surface area contributed by atoms with Crippen LogP contribution in [0.5, 0.6) is 5.75 Å². The number of nitrogens with one attached hydrogen (secondary N) is 1. The predicted octanol–water partition coefficient (Wildman–Crippen LogP) is 5.59. The number of nitrogens with zero attached hydrogens (tertiary/aromatic N) is 2. The Balaban J connectivity index is 1.68. The zero-order valence-corrected chi connectivity index (χ0v) is 25.8. The van der Waals surface area contributed by atoms with E-state index >= 15 is 0 Å². The highest BCUT2D eigenvalue weighted by Crippen LogP contribution is 2.27. The normalized spacial score (nSPS) is 14.5. The fraction of sp³-hybridized carbons (Fsp3) is 0.394. The molecule has 1 fully saturated rings. The standard InChI is InChI=1S/C33H40FN3O5S/c1-4-42-30-17-15-29(16-18-30)37(43(40,41)31-19-13-27(34)14-20-31)23-32(38)36(22-26-10-8-9-24(2)21-26)25(3)33(39)35-28-11-6-5-7-12-28/h8-10,13-21,25,28H,4-7,11-12,22-23H2,1-3H3,(H,35,39)/t25-/m0/s1. The fourth-order valence-electron chi connectivity index (χ4n) is 5.30. The van der Waals surface area contributed by atoms with Crippen molar-refractivity contribution in [2.24, 2.45) is 0 Å². The minimum Gasteiger partial charge on any atom is -0.494 e. The summed E-state index contributed by atoms with van der Waals surface area (Å²) in [4.78, 5) is 28.8. The third-order valence-corrected chi connectivity index (χ3v) is 9.46. The quantitative estimate of drug-likeness (QED) is 0.289. The van der Waals surface area contributed by atoms with Gasteiger partial charge in [0.2, 0.25) is 11.8 Å². The molecule has 0 aromatic heterocycles. The summed E-state index contributed by atoms with van der Waals surface area (Å²) >= 11 is 0. The number of anilines is 1. The van der Waals surface area contributed by atoms with E-state index in [4.69, 9.17) is 4.74 Å². The number of rotatable bonds is 12. The van der Waals surface area contributed by atoms with E-state index in [0.717, 1.165) is 59.7 Å². The fourth-order valence-corrected chi connectivity index (χ4v) is 6.71. The van der Waals surface area contributed by atoms with Gasteiger partial charge in [-0.3, -0.25) is 13.9 Å². The van der Waals surface area contributed by atoms with Gasteiger partial charge in [0, 0.05) is 12.6 Å². The number of benzene rings is 3. The average Bonchev–Trinajstić information content (AvgIpc) is 2.99. The van der Waals surface area contributed by atoms with Crippen LogP contribution in [-0.2, 0) is 26.2 Å². The Kier molecular flexibility index (Phi) is 10.8. The zero-order valence-electron chi connectivity index (χ0n) is 25.0. The van der Waals surface area contributed by atoms with Crippen LogP contribution in [0.1, 0.15) is 57.1 Å². The van der Waals surface area contributed by atoms with E-state index in [1.165, 1.54) is 17.0 Å². The Morgan fingerprint density at radius 3 is 2.30 bits per heavy atom. The number of amides is 2. The largest absolute Gasteiger partial charge is 0.494 e. The van der Waals surface area contributed by atoms with Gasteiger partial charge in [-0.15, -0.1) is 0 Å². The monoisotopic (exact) mass is 609 g/mol. The van der Waals surface area contributed by atoms with Crippen LogP contribution in [-0.4, -0.2) is 50.4 Å². The van der Waals surface area contributed by atoms with E-state index in [1.54, 1.807) is 31.2 Å². The Morgan fingerprint density at radius 2 is 1.67 bits per heavy atom. The lowest BCUT2D eigenvalue weighted by molar-refractivity contribution is -0.139. The van der Waals surface area contributed by atoms with Crippen LogP contribution in [0.3, 0.4) is 0 Å². The number of hydrogen-bond acceptors (Lipinski definition) is 5. The zero-order chi connectivity index (χ0) is 31.0. The number of halogens is 1. The first-order chi connectivity index (χ1) is 20.6. The van der Waals surface area contributed by atoms with Crippen molar-refractivity contribution in [3.05, 3.63) is 89.7 Å². The van der Waals surface area contributed by atoms with E-state index in [2.05, 4.69) is 5.32 Å². The summed E-state index contributed by atoms with van der Waals surface area (Å²) in [6.45, 7) is 5.43. The topological polar surface area (TPSA) is 96.0 Å². The molecule has 0 unspecified atom stereocenters. The molecule has 0 spiro atoms. The maximum atomic E-state index is 14.1. The third-order valence-electron chi connectivity index (χ3n) is 7.67. The molecule has 0 saturated heterocycles. The molecule has 0 heterocycles. The molecule has 3 aromatic rings. The lowest BCUT2D eigenvalue weighted by Crippen LogP contribution is -2.53. The molecule has 1 aliphatic rings. The van der Waals surface area contributed by atoms with Gasteiger partial charge in [0.25, 0.3) is 10.0 Å². The van der Waals surface area contributed by atoms with Gasteiger partial charge in [0.15, 0.2) is 0 Å². The summed E-state index contributed by atoms with van der Waals surface area (Å²) in [5.74, 6) is -0.857. The average molecular weight is 610 g/mol. The molecule has 0 aliphatic heterocycles. The van der Waals surface area contributed by atoms with E-state index in [9.17, 15) is 22.4 Å². The summed E-state index contributed by atoms with van der Waals surface area (Å²) in [7, 11) is -4.30. The van der Waals surface area contributed by atoms with Crippen LogP contribution < -0.4 is 14.4 Å². The molecule has 8 nitrogen and oxygen atoms in total. The van der Waals surface area contributed by atoms with E-state index < -0.39 is 34.3 Å². The van der Waals surface area contributed by atoms with Crippen LogP contribution in [0.25, 0.3) is 0 Å². The molecular weight excluding hydrogens is 569 g/mol. The van der Waals surface area contributed by atoms with Gasteiger partial charge in [-0.25, -0.2) is 12.8 Å². The van der Waals surface area contributed by atoms with Gasteiger partial charge in [0.1, 0.15) is 24.2 Å². The Morgan fingerprint density at radius 1 is 1.00 bits per heavy atom. The summed E-state index contributed by atoms with van der Waals surface area (Å²) in [6, 6.07) is 17.7. The van der Waals surface area contributed by atoms with Crippen molar-refractivity contribution in [3.8, 4) is 5.75 Å². The van der Waals surface area contributed by atoms with Crippen molar-refractivity contribution in [2.45, 2.75) is 76.4 Å². The highest BCUT2D eigenvalue weighted by molar-refractivity contribution is 7.92. The van der Waals surface area contributed by atoms with Crippen LogP contribution in [0.15, 0.2) is 77.7 Å². The second-order valence-electron chi connectivity index (χ2n) is 10.9. The van der Waals surface area contributed by atoms with E-state index in [0.29, 0.717) is 12.4 Å². The number of carbonyl (C=O) groups excluding carboxylic acids is 2. The molecule has 4 rings (SSSR count). The number of sulfonamides is 1. The molecule has 3 aromatic carbocycles. The summed E-state index contributed by atoms with van der Waals surface area (Å²) < 4.78 is 48.0. The summed E-state index contributed by atoms with van der Waals surface area (Å²) in [6.07, 6.45) is 5.02. The number of aryl methyl sites for hydroxylation is 1. The molecule has 1 N–H and O–H groups in total. The molecule has 2 amide bonds. The minimum absolute atomic E-state index is 0.0545. The second kappa shape index (κ2) is 14.5. The van der Waals surface area contributed by atoms with Crippen molar-refractivity contribution < 1.29 is 27.1 Å². The van der Waals surface area contributed by atoms with Crippen molar-refractivity contribution in [3.63, 3.8) is 0 Å². The van der Waals surface area contributed by atoms with Gasteiger partial charge >= 0.3 is 0 Å². The molecule has 10 heteroatoms. The Bertz CT molecular complexity index is 1490. The highest BCUT2D eigenvalue weighted by atomic mass is 32.2. The van der Waals surface area contributed by atoms with Crippen molar-refractivity contribution in [1.82, 2.24) is 10.2 Å². The molecular formula is C33H40FN3O5S. The molecule has 1 saturated carbocycles. The van der Waals surface area contributed by atoms with Gasteiger partial charge in [0.05, 0.1) is 17.2 Å². The smallest absolute Gasteiger partial charge is 0.264 e. The lowest BCUT2D eigenvalue weighted by Gasteiger charge is -2.33. The van der Waals surface area contributed by atoms with Gasteiger partial charge in [-0.2, -0.15) is 0 Å². The molecule has 0 bridgehead atoms. The minimum atomic E-state index is -4.30. The third kappa shape index (κ3) is 8.34. The van der Waals surface area contributed by atoms with Crippen molar-refractivity contribution in [2.75, 3.05) is 17.5 Å². The molecule has 1 aliphatic carbocycles. The SMILES string of the molecule is CCOc1ccc(N(CC(=O)N(Cc2cccc(C)c2)[C@@H](C)C(=O)NC2CCCCC2)S(=O)(=O)c2ccc(F)cc2)cc1. The number of carbonyl (C=O) groups is 2. The van der Waals surface area contributed by atoms with E-state index in [-0.39, 0.29) is 29.1 Å². The maximum Gasteiger partial charge on any atom is 0.264 e. The van der Waals surface area contributed by atoms with E-state index in [1.807, 2.05) is 38.1 Å². The van der Waals surface area contributed by atoms with Crippen LogP contribution >= 0.6 is 0 Å². The molecule has 1 atom stereocenters. The number of hydrogen-bond donors (Lipinski definition) is 1. The first-order valence-corrected chi connectivity index (χ1v) is 16.2. The molecule has 43 heavy (non-hydrogen) atoms. The Labute approximate surface area is 253 Å². The highest BCUT2D eigenvalue weighted by Gasteiger charge is 2.33. The van der Waals surface area contributed by atoms with Crippen LogP contribution in [0, 0.1) is 12.7 Å². The van der Waals surface area contributed by atoms with Crippen LogP contribution in [0.4, 0.5) is 10.1 Å². The maximum absolute atomic E-state index is 14.1. The second-order valence-corrected chi connectivity index (χ2v) is 12.8. The predicted molar refractivity (Wildman–Crippen MR) is 165 cm³/mol. The number of ether oxygens (including phenoxy) is 1. The summed E-state index contributed by atoms with van der Waals surface area (Å²) in [5, 5.41) is 3.10. The first-order valence-electron chi connectivity index (χ1n) is 14.7. The van der Waals surface area contributed by atoms with Crippen molar-refractivity contribution in [1.29, 1.82) is 0 Å². The van der Waals surface area contributed by atoms with Gasteiger partial charge < -0.3 is 15.0 Å². The van der Waals surface area contributed by atoms with Crippen LogP contribution in [0.2, 0.25) is 0 Å².